The first-order chi connectivity index (χ1) is 9.08. The van der Waals surface area contributed by atoms with Crippen molar-refractivity contribution < 1.29 is 9.31 Å². The Labute approximate surface area is 110 Å². The second-order valence-electron chi connectivity index (χ2n) is 4.19. The van der Waals surface area contributed by atoms with Crippen LogP contribution in [0.25, 0.3) is 0 Å². The van der Waals surface area contributed by atoms with E-state index in [0.717, 1.165) is 5.56 Å². The van der Waals surface area contributed by atoms with Gasteiger partial charge in [-0.1, -0.05) is 18.2 Å². The van der Waals surface area contributed by atoms with E-state index in [4.69, 9.17) is 0 Å². The maximum Gasteiger partial charge on any atom is 0.269 e. The molecule has 0 fully saturated rings. The van der Waals surface area contributed by atoms with Crippen molar-refractivity contribution in [2.75, 3.05) is 5.32 Å². The molecular weight excluding hydrogens is 247 g/mol. The van der Waals surface area contributed by atoms with Crippen LogP contribution in [0.3, 0.4) is 0 Å². The van der Waals surface area contributed by atoms with E-state index in [0.29, 0.717) is 17.8 Å². The number of nitrogens with zero attached hydrogens (tertiary/aromatic N) is 1. The zero-order valence-electron chi connectivity index (χ0n) is 10.4. The van der Waals surface area contributed by atoms with Gasteiger partial charge in [-0.05, 0) is 24.6 Å². The Hall–Kier alpha value is -2.43. The van der Waals surface area contributed by atoms with Gasteiger partial charge in [-0.15, -0.1) is 0 Å². The first kappa shape index (κ1) is 13.0. The maximum absolute atomic E-state index is 13.3. The minimum absolute atomic E-state index is 0.0512. The molecule has 0 aromatic heterocycles. The van der Waals surface area contributed by atoms with Crippen LogP contribution in [-0.4, -0.2) is 4.92 Å². The van der Waals surface area contributed by atoms with Crippen molar-refractivity contribution in [3.05, 3.63) is 69.5 Å². The van der Waals surface area contributed by atoms with Crippen LogP contribution in [0, 0.1) is 22.9 Å². The number of nitro groups is 1. The van der Waals surface area contributed by atoms with Gasteiger partial charge >= 0.3 is 0 Å². The van der Waals surface area contributed by atoms with E-state index in [2.05, 4.69) is 5.32 Å². The van der Waals surface area contributed by atoms with Gasteiger partial charge in [0.1, 0.15) is 5.82 Å². The van der Waals surface area contributed by atoms with E-state index in [1.54, 1.807) is 31.2 Å². The Morgan fingerprint density at radius 3 is 2.74 bits per heavy atom. The number of nitrogens with one attached hydrogen (secondary N) is 1. The quantitative estimate of drug-likeness (QED) is 0.674. The third kappa shape index (κ3) is 3.07. The minimum Gasteiger partial charge on any atom is -0.381 e. The maximum atomic E-state index is 13.3. The first-order valence-electron chi connectivity index (χ1n) is 5.80. The number of nitro benzene ring substituents is 1. The predicted molar refractivity (Wildman–Crippen MR) is 71.6 cm³/mol. The molecule has 0 heterocycles. The number of benzene rings is 2. The zero-order valence-corrected chi connectivity index (χ0v) is 10.4. The van der Waals surface area contributed by atoms with Crippen molar-refractivity contribution >= 4 is 11.4 Å². The zero-order chi connectivity index (χ0) is 13.8. The third-order valence-electron chi connectivity index (χ3n) is 2.87. The second kappa shape index (κ2) is 5.48. The molecule has 0 aliphatic carbocycles. The summed E-state index contributed by atoms with van der Waals surface area (Å²) in [4.78, 5) is 10.2. The fraction of sp³-hybridized carbons (Fsp3) is 0.143. The molecule has 5 heteroatoms. The van der Waals surface area contributed by atoms with Crippen molar-refractivity contribution in [3.63, 3.8) is 0 Å². The lowest BCUT2D eigenvalue weighted by Gasteiger charge is -2.10. The molecule has 0 radical (unpaired) electrons. The van der Waals surface area contributed by atoms with Crippen molar-refractivity contribution in [3.8, 4) is 0 Å². The molecule has 0 aliphatic rings. The lowest BCUT2D eigenvalue weighted by Crippen LogP contribution is -2.02. The summed E-state index contributed by atoms with van der Waals surface area (Å²) in [6.45, 7) is 2.09. The van der Waals surface area contributed by atoms with Gasteiger partial charge in [0, 0.05) is 29.9 Å². The van der Waals surface area contributed by atoms with E-state index in [1.165, 1.54) is 18.2 Å². The van der Waals surface area contributed by atoms with Crippen molar-refractivity contribution in [1.82, 2.24) is 0 Å². The van der Waals surface area contributed by atoms with Crippen LogP contribution >= 0.6 is 0 Å². The highest BCUT2D eigenvalue weighted by Crippen LogP contribution is 2.19. The van der Waals surface area contributed by atoms with Crippen molar-refractivity contribution in [2.45, 2.75) is 13.5 Å². The van der Waals surface area contributed by atoms with Gasteiger partial charge in [0.2, 0.25) is 0 Å². The molecule has 0 saturated heterocycles. The SMILES string of the molecule is Cc1c(F)cccc1NCc1cccc([N+](=O)[O-])c1. The van der Waals surface area contributed by atoms with E-state index in [9.17, 15) is 14.5 Å². The summed E-state index contributed by atoms with van der Waals surface area (Å²) in [7, 11) is 0. The van der Waals surface area contributed by atoms with Crippen LogP contribution in [0.4, 0.5) is 15.8 Å². The van der Waals surface area contributed by atoms with E-state index >= 15 is 0 Å². The molecule has 0 bridgehead atoms. The highest BCUT2D eigenvalue weighted by atomic mass is 19.1. The lowest BCUT2D eigenvalue weighted by molar-refractivity contribution is -0.384. The normalized spacial score (nSPS) is 10.2. The first-order valence-corrected chi connectivity index (χ1v) is 5.80. The topological polar surface area (TPSA) is 55.2 Å². The summed E-state index contributed by atoms with van der Waals surface area (Å²) >= 11 is 0. The molecule has 0 saturated carbocycles. The van der Waals surface area contributed by atoms with Gasteiger partial charge < -0.3 is 5.32 Å². The molecule has 1 N–H and O–H groups in total. The van der Waals surface area contributed by atoms with Crippen LogP contribution < -0.4 is 5.32 Å². The van der Waals surface area contributed by atoms with Gasteiger partial charge in [0.25, 0.3) is 5.69 Å². The average molecular weight is 260 g/mol. The Morgan fingerprint density at radius 1 is 1.26 bits per heavy atom. The molecule has 19 heavy (non-hydrogen) atoms. The van der Waals surface area contributed by atoms with Crippen LogP contribution in [0.15, 0.2) is 42.5 Å². The second-order valence-corrected chi connectivity index (χ2v) is 4.19. The van der Waals surface area contributed by atoms with Gasteiger partial charge in [-0.3, -0.25) is 10.1 Å². The molecule has 98 valence electrons. The highest BCUT2D eigenvalue weighted by molar-refractivity contribution is 5.51. The number of rotatable bonds is 4. The summed E-state index contributed by atoms with van der Waals surface area (Å²) in [5.41, 5.74) is 2.05. The molecule has 4 nitrogen and oxygen atoms in total. The van der Waals surface area contributed by atoms with Crippen LogP contribution in [0.2, 0.25) is 0 Å². The fourth-order valence-electron chi connectivity index (χ4n) is 1.78. The van der Waals surface area contributed by atoms with Gasteiger partial charge in [0.15, 0.2) is 0 Å². The van der Waals surface area contributed by atoms with Gasteiger partial charge in [0.05, 0.1) is 4.92 Å². The minimum atomic E-state index is -0.434. The summed E-state index contributed by atoms with van der Waals surface area (Å²) < 4.78 is 13.3. The monoisotopic (exact) mass is 260 g/mol. The standard InChI is InChI=1S/C14H13FN2O2/c1-10-13(15)6-3-7-14(10)16-9-11-4-2-5-12(8-11)17(18)19/h2-8,16H,9H2,1H3. The molecule has 0 spiro atoms. The molecule has 2 aromatic rings. The van der Waals surface area contributed by atoms with Crippen LogP contribution in [0.1, 0.15) is 11.1 Å². The van der Waals surface area contributed by atoms with Crippen LogP contribution in [-0.2, 0) is 6.54 Å². The molecule has 2 aromatic carbocycles. The molecule has 2 rings (SSSR count). The highest BCUT2D eigenvalue weighted by Gasteiger charge is 2.06. The summed E-state index contributed by atoms with van der Waals surface area (Å²) in [5, 5.41) is 13.7. The van der Waals surface area contributed by atoms with Gasteiger partial charge in [-0.2, -0.15) is 0 Å². The Balaban J connectivity index is 2.12. The smallest absolute Gasteiger partial charge is 0.269 e. The van der Waals surface area contributed by atoms with E-state index in [-0.39, 0.29) is 11.5 Å². The number of halogens is 1. The summed E-state index contributed by atoms with van der Waals surface area (Å²) in [5.74, 6) is -0.274. The van der Waals surface area contributed by atoms with Crippen molar-refractivity contribution in [2.24, 2.45) is 0 Å². The van der Waals surface area contributed by atoms with E-state index < -0.39 is 4.92 Å². The van der Waals surface area contributed by atoms with E-state index in [1.807, 2.05) is 0 Å². The summed E-state index contributed by atoms with van der Waals surface area (Å²) in [6, 6.07) is 11.2. The number of anilines is 1. The Morgan fingerprint density at radius 2 is 2.00 bits per heavy atom. The number of hydrogen-bond donors (Lipinski definition) is 1. The predicted octanol–water partition coefficient (Wildman–Crippen LogP) is 3.65. The summed E-state index contributed by atoms with van der Waals surface area (Å²) in [6.07, 6.45) is 0. The molecule has 0 aliphatic heterocycles. The number of non-ortho nitro benzene ring substituents is 1. The fourth-order valence-corrected chi connectivity index (χ4v) is 1.78. The molecule has 0 unspecified atom stereocenters. The molecular formula is C14H13FN2O2. The molecule has 0 atom stereocenters. The largest absolute Gasteiger partial charge is 0.381 e. The van der Waals surface area contributed by atoms with Crippen LogP contribution in [0.5, 0.6) is 0 Å². The lowest BCUT2D eigenvalue weighted by atomic mass is 10.1. The van der Waals surface area contributed by atoms with Crippen molar-refractivity contribution in [1.29, 1.82) is 0 Å². The third-order valence-corrected chi connectivity index (χ3v) is 2.87. The average Bonchev–Trinajstić information content (AvgIpc) is 2.41. The molecule has 0 amide bonds. The Kier molecular flexibility index (Phi) is 3.75. The number of hydrogen-bond acceptors (Lipinski definition) is 3. The van der Waals surface area contributed by atoms with Gasteiger partial charge in [-0.25, -0.2) is 4.39 Å². The Bertz CT molecular complexity index is 614.